The molecule has 0 aliphatic carbocycles. The first-order valence-corrected chi connectivity index (χ1v) is 13.8. The number of hydrogen-bond donors (Lipinski definition) is 1. The van der Waals surface area contributed by atoms with Gasteiger partial charge in [0.05, 0.1) is 41.4 Å². The van der Waals surface area contributed by atoms with Gasteiger partial charge in [0.2, 0.25) is 0 Å². The van der Waals surface area contributed by atoms with E-state index in [0.29, 0.717) is 10.8 Å². The van der Waals surface area contributed by atoms with Crippen LogP contribution >= 0.6 is 22.9 Å². The van der Waals surface area contributed by atoms with E-state index in [9.17, 15) is 5.11 Å². The fourth-order valence-corrected chi connectivity index (χ4v) is 5.91. The van der Waals surface area contributed by atoms with Crippen molar-refractivity contribution in [2.24, 2.45) is 0 Å². The smallest absolute Gasteiger partial charge is 0.137 e. The summed E-state index contributed by atoms with van der Waals surface area (Å²) in [6, 6.07) is 15.7. The molecule has 5 aromatic rings. The van der Waals surface area contributed by atoms with Crippen LogP contribution in [0.4, 0.5) is 0 Å². The van der Waals surface area contributed by atoms with Crippen LogP contribution in [-0.4, -0.2) is 39.4 Å². The van der Waals surface area contributed by atoms with Crippen LogP contribution in [0.25, 0.3) is 43.2 Å². The number of ether oxygens (including phenoxy) is 2. The van der Waals surface area contributed by atoms with E-state index in [1.807, 2.05) is 70.2 Å². The van der Waals surface area contributed by atoms with Crippen molar-refractivity contribution in [1.29, 1.82) is 0 Å². The van der Waals surface area contributed by atoms with Crippen molar-refractivity contribution < 1.29 is 14.6 Å². The van der Waals surface area contributed by atoms with Crippen molar-refractivity contribution in [3.8, 4) is 38.7 Å². The number of aliphatic hydroxyl groups excluding tert-OH is 1. The molecule has 1 atom stereocenters. The van der Waals surface area contributed by atoms with Gasteiger partial charge in [-0.2, -0.15) is 0 Å². The predicted molar refractivity (Wildman–Crippen MR) is 158 cm³/mol. The number of aromatic nitrogens is 3. The lowest BCUT2D eigenvalue weighted by Crippen LogP contribution is -2.25. The quantitative estimate of drug-likeness (QED) is 0.218. The minimum atomic E-state index is -0.501. The molecule has 3 heterocycles. The summed E-state index contributed by atoms with van der Waals surface area (Å²) in [5.41, 5.74) is 7.00. The number of fused-ring (bicyclic) bond motifs is 1. The van der Waals surface area contributed by atoms with E-state index in [-0.39, 0.29) is 6.61 Å². The highest BCUT2D eigenvalue weighted by Gasteiger charge is 2.27. The van der Waals surface area contributed by atoms with Crippen LogP contribution < -0.4 is 4.74 Å². The third kappa shape index (κ3) is 5.82. The normalized spacial score (nSPS) is 12.6. The lowest BCUT2D eigenvalue weighted by molar-refractivity contribution is -0.0821. The van der Waals surface area contributed by atoms with Gasteiger partial charge in [-0.1, -0.05) is 23.7 Å². The van der Waals surface area contributed by atoms with Gasteiger partial charge in [-0.3, -0.25) is 9.97 Å². The molecule has 5 rings (SSSR count). The highest BCUT2D eigenvalue weighted by Crippen LogP contribution is 2.44. The summed E-state index contributed by atoms with van der Waals surface area (Å²) in [7, 11) is 1.62. The van der Waals surface area contributed by atoms with E-state index >= 15 is 0 Å². The number of aliphatic hydroxyl groups is 1. The first-order valence-electron chi connectivity index (χ1n) is 12.6. The van der Waals surface area contributed by atoms with Gasteiger partial charge >= 0.3 is 0 Å². The lowest BCUT2D eigenvalue weighted by atomic mass is 9.91. The van der Waals surface area contributed by atoms with Gasteiger partial charge in [0.1, 0.15) is 16.9 Å². The molecule has 1 N–H and O–H groups in total. The van der Waals surface area contributed by atoms with Gasteiger partial charge in [0.15, 0.2) is 0 Å². The standard InChI is InChI=1S/C31H30ClN3O3S/c1-18-12-25-29(28(19-6-8-22(32)9-7-19)27(18)26(17-36)38-31(2,3)4)39-30(35-25)20-10-11-34-24(14-20)21-13-23(37-5)16-33-15-21/h6-16,26,36H,17H2,1-5H3/t26-/m1/s1. The van der Waals surface area contributed by atoms with Crippen molar-refractivity contribution in [3.63, 3.8) is 0 Å². The van der Waals surface area contributed by atoms with E-state index < -0.39 is 11.7 Å². The maximum atomic E-state index is 10.4. The van der Waals surface area contributed by atoms with Gasteiger partial charge in [-0.15, -0.1) is 11.3 Å². The highest BCUT2D eigenvalue weighted by atomic mass is 35.5. The van der Waals surface area contributed by atoms with E-state index in [4.69, 9.17) is 26.1 Å². The molecule has 0 aliphatic heterocycles. The summed E-state index contributed by atoms with van der Waals surface area (Å²) in [5, 5.41) is 12.0. The molecule has 0 aliphatic rings. The number of pyridine rings is 2. The zero-order chi connectivity index (χ0) is 27.7. The average Bonchev–Trinajstić information content (AvgIpc) is 3.35. The molecule has 0 unspecified atom stereocenters. The number of hydrogen-bond acceptors (Lipinski definition) is 7. The van der Waals surface area contributed by atoms with Gasteiger partial charge < -0.3 is 14.6 Å². The third-order valence-electron chi connectivity index (χ3n) is 6.30. The average molecular weight is 560 g/mol. The maximum absolute atomic E-state index is 10.4. The maximum Gasteiger partial charge on any atom is 0.137 e. The van der Waals surface area contributed by atoms with Crippen LogP contribution in [-0.2, 0) is 4.74 Å². The third-order valence-corrected chi connectivity index (χ3v) is 7.69. The number of thiazole rings is 1. The summed E-state index contributed by atoms with van der Waals surface area (Å²) >= 11 is 7.85. The second-order valence-electron chi connectivity index (χ2n) is 10.3. The first kappa shape index (κ1) is 27.2. The summed E-state index contributed by atoms with van der Waals surface area (Å²) in [6.45, 7) is 7.89. The molecular weight excluding hydrogens is 530 g/mol. The van der Waals surface area contributed by atoms with E-state index in [1.165, 1.54) is 0 Å². The Morgan fingerprint density at radius 3 is 2.46 bits per heavy atom. The second kappa shape index (κ2) is 11.0. The minimum absolute atomic E-state index is 0.141. The Hall–Kier alpha value is -3.36. The highest BCUT2D eigenvalue weighted by molar-refractivity contribution is 7.22. The van der Waals surface area contributed by atoms with Gasteiger partial charge in [-0.05, 0) is 80.8 Å². The summed E-state index contributed by atoms with van der Waals surface area (Å²) in [5.74, 6) is 0.672. The number of methoxy groups -OCH3 is 1. The molecule has 2 aromatic carbocycles. The number of benzene rings is 2. The lowest BCUT2D eigenvalue weighted by Gasteiger charge is -2.29. The SMILES string of the molecule is COc1cncc(-c2cc(-c3nc4cc(C)c([C@@H](CO)OC(C)(C)C)c(-c5ccc(Cl)cc5)c4s3)ccn2)c1. The molecular formula is C31H30ClN3O3S. The summed E-state index contributed by atoms with van der Waals surface area (Å²) in [4.78, 5) is 13.9. The van der Waals surface area contributed by atoms with Gasteiger partial charge in [-0.25, -0.2) is 4.98 Å². The molecule has 0 saturated heterocycles. The van der Waals surface area contributed by atoms with Crippen LogP contribution in [0.2, 0.25) is 5.02 Å². The molecule has 0 fully saturated rings. The number of nitrogens with zero attached hydrogens (tertiary/aromatic N) is 3. The Labute approximate surface area is 237 Å². The summed E-state index contributed by atoms with van der Waals surface area (Å²) < 4.78 is 12.7. The van der Waals surface area contributed by atoms with Crippen molar-refractivity contribution in [2.45, 2.75) is 39.4 Å². The molecule has 0 amide bonds. The van der Waals surface area contributed by atoms with Crippen molar-refractivity contribution in [2.75, 3.05) is 13.7 Å². The molecule has 39 heavy (non-hydrogen) atoms. The van der Waals surface area contributed by atoms with Crippen LogP contribution in [0.3, 0.4) is 0 Å². The van der Waals surface area contributed by atoms with Gasteiger partial charge in [0, 0.05) is 34.1 Å². The zero-order valence-electron chi connectivity index (χ0n) is 22.5. The van der Waals surface area contributed by atoms with Crippen LogP contribution in [0.5, 0.6) is 5.75 Å². The first-order chi connectivity index (χ1) is 18.7. The number of rotatable bonds is 7. The van der Waals surface area contributed by atoms with Crippen LogP contribution in [0, 0.1) is 6.92 Å². The van der Waals surface area contributed by atoms with Crippen molar-refractivity contribution in [3.05, 3.63) is 83.3 Å². The van der Waals surface area contributed by atoms with Crippen LogP contribution in [0.15, 0.2) is 67.1 Å². The monoisotopic (exact) mass is 559 g/mol. The topological polar surface area (TPSA) is 77.4 Å². The van der Waals surface area contributed by atoms with Gasteiger partial charge in [0.25, 0.3) is 0 Å². The Bertz CT molecular complexity index is 1630. The Morgan fingerprint density at radius 1 is 1.00 bits per heavy atom. The molecule has 200 valence electrons. The van der Waals surface area contributed by atoms with Crippen molar-refractivity contribution >= 4 is 33.2 Å². The van der Waals surface area contributed by atoms with Crippen LogP contribution in [0.1, 0.15) is 38.0 Å². The van der Waals surface area contributed by atoms with E-state index in [0.717, 1.165) is 54.3 Å². The minimum Gasteiger partial charge on any atom is -0.495 e. The predicted octanol–water partition coefficient (Wildman–Crippen LogP) is 7.91. The number of aryl methyl sites for hydroxylation is 1. The Kier molecular flexibility index (Phi) is 7.69. The van der Waals surface area contributed by atoms with E-state index in [1.54, 1.807) is 37.0 Å². The molecule has 8 heteroatoms. The van der Waals surface area contributed by atoms with E-state index in [2.05, 4.69) is 16.0 Å². The Morgan fingerprint density at radius 2 is 1.77 bits per heavy atom. The molecule has 6 nitrogen and oxygen atoms in total. The van der Waals surface area contributed by atoms with Crippen molar-refractivity contribution in [1.82, 2.24) is 15.0 Å². The molecule has 0 bridgehead atoms. The summed E-state index contributed by atoms with van der Waals surface area (Å²) in [6.07, 6.45) is 4.72. The fraction of sp³-hybridized carbons (Fsp3) is 0.258. The number of halogens is 1. The molecule has 0 saturated carbocycles. The molecule has 3 aromatic heterocycles. The molecule has 0 spiro atoms. The fourth-order valence-electron chi connectivity index (χ4n) is 4.66. The largest absolute Gasteiger partial charge is 0.495 e. The molecule has 0 radical (unpaired) electrons. The second-order valence-corrected chi connectivity index (χ2v) is 11.7. The zero-order valence-corrected chi connectivity index (χ0v) is 24.1. The Balaban J connectivity index is 1.69.